The van der Waals surface area contributed by atoms with E-state index < -0.39 is 23.9 Å². The number of aliphatic hydroxyl groups excluding tert-OH is 2. The summed E-state index contributed by atoms with van der Waals surface area (Å²) in [5.74, 6) is 0. The Labute approximate surface area is 170 Å². The van der Waals surface area contributed by atoms with Gasteiger partial charge in [0.15, 0.2) is 0 Å². The van der Waals surface area contributed by atoms with E-state index in [2.05, 4.69) is 0 Å². The van der Waals surface area contributed by atoms with Crippen LogP contribution in [-0.4, -0.2) is 35.1 Å². The van der Waals surface area contributed by atoms with Crippen LogP contribution in [0.4, 0.5) is 0 Å². The Morgan fingerprint density at radius 2 is 1.17 bits per heavy atom. The lowest BCUT2D eigenvalue weighted by Crippen LogP contribution is -2.45. The van der Waals surface area contributed by atoms with Crippen molar-refractivity contribution in [2.45, 2.75) is 23.9 Å². The fraction of sp³-hybridized carbons (Fsp3) is 0.200. The first-order chi connectivity index (χ1) is 14.2. The molecule has 148 valence electrons. The Balaban J connectivity index is 1.81. The molecule has 0 bridgehead atoms. The molecule has 4 nitrogen and oxygen atoms in total. The van der Waals surface area contributed by atoms with Gasteiger partial charge in [-0.25, -0.2) is 0 Å². The minimum Gasteiger partial charge on any atom is -0.493 e. The van der Waals surface area contributed by atoms with E-state index in [1.165, 1.54) is 12.3 Å². The molecule has 3 aromatic rings. The van der Waals surface area contributed by atoms with E-state index in [1.807, 2.05) is 91.0 Å². The van der Waals surface area contributed by atoms with Crippen molar-refractivity contribution in [2.75, 3.05) is 6.61 Å². The van der Waals surface area contributed by atoms with E-state index in [0.29, 0.717) is 0 Å². The van der Waals surface area contributed by atoms with Crippen molar-refractivity contribution >= 4 is 0 Å². The van der Waals surface area contributed by atoms with Crippen LogP contribution in [0.3, 0.4) is 0 Å². The van der Waals surface area contributed by atoms with Crippen LogP contribution in [0.5, 0.6) is 0 Å². The summed E-state index contributed by atoms with van der Waals surface area (Å²) in [7, 11) is 0. The second kappa shape index (κ2) is 8.62. The summed E-state index contributed by atoms with van der Waals surface area (Å²) in [5.41, 5.74) is 2.02. The molecule has 3 aromatic carbocycles. The van der Waals surface area contributed by atoms with E-state index in [-0.39, 0.29) is 6.61 Å². The van der Waals surface area contributed by atoms with Crippen LogP contribution >= 0.6 is 0 Å². The molecule has 1 aliphatic heterocycles. The summed E-state index contributed by atoms with van der Waals surface area (Å²) in [6, 6.07) is 30.0. The number of ether oxygens (including phenoxy) is 2. The Kier molecular flexibility index (Phi) is 5.76. The summed E-state index contributed by atoms with van der Waals surface area (Å²) < 4.78 is 12.2. The monoisotopic (exact) mass is 388 g/mol. The van der Waals surface area contributed by atoms with Gasteiger partial charge in [0, 0.05) is 0 Å². The minimum atomic E-state index is -1.06. The third kappa shape index (κ3) is 3.83. The molecular formula is C25H24O4. The lowest BCUT2D eigenvalue weighted by molar-refractivity contribution is -0.115. The first kappa shape index (κ1) is 19.4. The fourth-order valence-electron chi connectivity index (χ4n) is 3.75. The molecule has 2 N–H and O–H groups in total. The van der Waals surface area contributed by atoms with Gasteiger partial charge in [0.25, 0.3) is 0 Å². The summed E-state index contributed by atoms with van der Waals surface area (Å²) >= 11 is 0. The molecule has 0 aliphatic carbocycles. The molecule has 4 heteroatoms. The molecule has 0 saturated carbocycles. The average molecular weight is 388 g/mol. The highest BCUT2D eigenvalue weighted by molar-refractivity contribution is 5.47. The van der Waals surface area contributed by atoms with Gasteiger partial charge in [0.1, 0.15) is 23.9 Å². The van der Waals surface area contributed by atoms with Crippen LogP contribution < -0.4 is 0 Å². The second-order valence-corrected chi connectivity index (χ2v) is 7.07. The highest BCUT2D eigenvalue weighted by atomic mass is 16.6. The van der Waals surface area contributed by atoms with Crippen molar-refractivity contribution in [2.24, 2.45) is 0 Å². The van der Waals surface area contributed by atoms with E-state index in [4.69, 9.17) is 9.47 Å². The maximum absolute atomic E-state index is 10.3. The van der Waals surface area contributed by atoms with Gasteiger partial charge in [-0.05, 0) is 22.8 Å². The van der Waals surface area contributed by atoms with Gasteiger partial charge in [-0.1, -0.05) is 91.0 Å². The van der Waals surface area contributed by atoms with Gasteiger partial charge in [-0.15, -0.1) is 0 Å². The Morgan fingerprint density at radius 3 is 1.62 bits per heavy atom. The third-order valence-electron chi connectivity index (χ3n) is 5.26. The van der Waals surface area contributed by atoms with Gasteiger partial charge in [0.2, 0.25) is 0 Å². The molecule has 4 rings (SSSR count). The van der Waals surface area contributed by atoms with Crippen LogP contribution in [-0.2, 0) is 15.1 Å². The Bertz CT molecular complexity index is 828. The van der Waals surface area contributed by atoms with Crippen molar-refractivity contribution in [3.63, 3.8) is 0 Å². The van der Waals surface area contributed by atoms with Gasteiger partial charge in [-0.2, -0.15) is 0 Å². The molecule has 29 heavy (non-hydrogen) atoms. The molecule has 1 aliphatic rings. The minimum absolute atomic E-state index is 0.0985. The van der Waals surface area contributed by atoms with Crippen molar-refractivity contribution < 1.29 is 19.7 Å². The van der Waals surface area contributed by atoms with Gasteiger partial charge in [0.05, 0.1) is 12.9 Å². The summed E-state index contributed by atoms with van der Waals surface area (Å²) in [6.07, 6.45) is 0.142. The molecule has 1 heterocycles. The smallest absolute Gasteiger partial charge is 0.150 e. The lowest BCUT2D eigenvalue weighted by Gasteiger charge is -2.38. The Hall–Kier alpha value is -2.92. The number of aliphatic hydroxyl groups is 2. The van der Waals surface area contributed by atoms with E-state index in [0.717, 1.165) is 16.7 Å². The van der Waals surface area contributed by atoms with Crippen LogP contribution in [0.2, 0.25) is 0 Å². The Morgan fingerprint density at radius 1 is 0.724 bits per heavy atom. The van der Waals surface area contributed by atoms with E-state index in [1.54, 1.807) is 0 Å². The highest BCUT2D eigenvalue weighted by Crippen LogP contribution is 2.40. The third-order valence-corrected chi connectivity index (χ3v) is 5.26. The summed E-state index contributed by atoms with van der Waals surface area (Å²) in [4.78, 5) is 0. The highest BCUT2D eigenvalue weighted by Gasteiger charge is 2.40. The first-order valence-corrected chi connectivity index (χ1v) is 9.70. The second-order valence-electron chi connectivity index (χ2n) is 7.07. The maximum atomic E-state index is 10.3. The zero-order valence-corrected chi connectivity index (χ0v) is 16.0. The number of hydrogen-bond donors (Lipinski definition) is 2. The molecule has 0 amide bonds. The van der Waals surface area contributed by atoms with Gasteiger partial charge in [-0.3, -0.25) is 0 Å². The number of benzene rings is 3. The molecule has 0 aromatic heterocycles. The zero-order valence-electron chi connectivity index (χ0n) is 16.0. The van der Waals surface area contributed by atoms with Crippen molar-refractivity contribution in [1.82, 2.24) is 0 Å². The van der Waals surface area contributed by atoms with Crippen molar-refractivity contribution in [1.29, 1.82) is 0 Å². The lowest BCUT2D eigenvalue weighted by atomic mass is 9.80. The normalized spacial score (nSPS) is 21.5. The van der Waals surface area contributed by atoms with Gasteiger partial charge >= 0.3 is 0 Å². The van der Waals surface area contributed by atoms with Crippen LogP contribution in [0.1, 0.15) is 16.7 Å². The summed E-state index contributed by atoms with van der Waals surface area (Å²) in [5, 5.41) is 20.3. The number of rotatable bonds is 6. The van der Waals surface area contributed by atoms with E-state index >= 15 is 0 Å². The molecule has 0 fully saturated rings. The molecular weight excluding hydrogens is 364 g/mol. The van der Waals surface area contributed by atoms with Crippen LogP contribution in [0, 0.1) is 0 Å². The van der Waals surface area contributed by atoms with Crippen LogP contribution in [0.15, 0.2) is 103 Å². The molecule has 0 spiro atoms. The van der Waals surface area contributed by atoms with Crippen molar-refractivity contribution in [3.8, 4) is 0 Å². The van der Waals surface area contributed by atoms with Gasteiger partial charge < -0.3 is 19.7 Å². The summed E-state index contributed by atoms with van der Waals surface area (Å²) in [6.45, 7) is 0.0985. The number of hydrogen-bond acceptors (Lipinski definition) is 4. The van der Waals surface area contributed by atoms with Crippen LogP contribution in [0.25, 0.3) is 0 Å². The first-order valence-electron chi connectivity index (χ1n) is 9.70. The topological polar surface area (TPSA) is 58.9 Å². The predicted molar refractivity (Wildman–Crippen MR) is 111 cm³/mol. The quantitative estimate of drug-likeness (QED) is 0.633. The average Bonchev–Trinajstić information content (AvgIpc) is 2.79. The molecule has 3 unspecified atom stereocenters. The molecule has 0 saturated heterocycles. The fourth-order valence-corrected chi connectivity index (χ4v) is 3.75. The maximum Gasteiger partial charge on any atom is 0.150 e. The molecule has 0 radical (unpaired) electrons. The SMILES string of the molecule is OC1C=COC(COC(c2ccccc2)(c2ccccc2)c2ccccc2)C1O. The van der Waals surface area contributed by atoms with E-state index in [9.17, 15) is 10.2 Å². The molecule has 3 atom stereocenters. The largest absolute Gasteiger partial charge is 0.493 e. The standard InChI is InChI=1S/C25H24O4/c26-22-16-17-28-23(24(22)27)18-29-25(19-10-4-1-5-11-19,20-12-6-2-7-13-20)21-14-8-3-9-15-21/h1-17,22-24,26-27H,18H2. The predicted octanol–water partition coefficient (Wildman–Crippen LogP) is 3.63. The zero-order chi connectivity index (χ0) is 20.1. The van der Waals surface area contributed by atoms with Crippen molar-refractivity contribution in [3.05, 3.63) is 120 Å².